The Morgan fingerprint density at radius 1 is 0.852 bits per heavy atom. The Labute approximate surface area is 171 Å². The smallest absolute Gasteiger partial charge is 0.339 e. The third-order valence-corrected chi connectivity index (χ3v) is 5.08. The second-order valence-corrected chi connectivity index (χ2v) is 7.37. The van der Waals surface area contributed by atoms with Crippen LogP contribution in [-0.2, 0) is 4.74 Å². The number of carbonyl (C=O) groups excluding carboxylic acids is 1. The summed E-state index contributed by atoms with van der Waals surface area (Å²) in [5.41, 5.74) is 2.15. The molecule has 1 aromatic heterocycles. The molecule has 132 valence electrons. The van der Waals surface area contributed by atoms with Gasteiger partial charge in [-0.2, -0.15) is 0 Å². The first kappa shape index (κ1) is 17.7. The molecule has 3 nitrogen and oxygen atoms in total. The zero-order valence-corrected chi connectivity index (χ0v) is 16.5. The van der Waals surface area contributed by atoms with Crippen LogP contribution in [0.4, 0.5) is 0 Å². The van der Waals surface area contributed by atoms with Crippen LogP contribution in [0, 0.1) is 3.57 Å². The van der Waals surface area contributed by atoms with E-state index in [1.807, 2.05) is 72.8 Å². The van der Waals surface area contributed by atoms with Gasteiger partial charge in [0.15, 0.2) is 6.10 Å². The van der Waals surface area contributed by atoms with Crippen LogP contribution in [0.15, 0.2) is 91.1 Å². The predicted molar refractivity (Wildman–Crippen MR) is 115 cm³/mol. The van der Waals surface area contributed by atoms with Gasteiger partial charge in [0.2, 0.25) is 0 Å². The number of ether oxygens (including phenoxy) is 1. The fourth-order valence-electron chi connectivity index (χ4n) is 3.02. The molecular weight excluding hydrogens is 449 g/mol. The molecule has 0 aliphatic heterocycles. The van der Waals surface area contributed by atoms with E-state index < -0.39 is 6.10 Å². The van der Waals surface area contributed by atoms with Crippen molar-refractivity contribution in [3.8, 4) is 0 Å². The van der Waals surface area contributed by atoms with E-state index in [2.05, 4.69) is 27.6 Å². The van der Waals surface area contributed by atoms with E-state index in [4.69, 9.17) is 4.74 Å². The standard InChI is InChI=1S/C23H16INO2/c24-19-12-10-18(11-13-19)23(26)27-22(17-7-2-1-3-8-17)21-20-9-5-4-6-16(20)14-15-25-21/h1-15,22H/t22-/m0/s1. The van der Waals surface area contributed by atoms with Gasteiger partial charge in [0, 0.05) is 15.2 Å². The van der Waals surface area contributed by atoms with Crippen LogP contribution >= 0.6 is 22.6 Å². The van der Waals surface area contributed by atoms with E-state index in [1.54, 1.807) is 18.3 Å². The van der Waals surface area contributed by atoms with Gasteiger partial charge in [-0.05, 0) is 63.9 Å². The van der Waals surface area contributed by atoms with Gasteiger partial charge in [0.1, 0.15) is 0 Å². The third kappa shape index (κ3) is 3.85. The van der Waals surface area contributed by atoms with E-state index in [0.29, 0.717) is 5.56 Å². The number of fused-ring (bicyclic) bond motifs is 1. The molecule has 0 unspecified atom stereocenters. The van der Waals surface area contributed by atoms with Crippen molar-refractivity contribution in [1.82, 2.24) is 4.98 Å². The van der Waals surface area contributed by atoms with Crippen LogP contribution < -0.4 is 0 Å². The number of pyridine rings is 1. The SMILES string of the molecule is O=C(O[C@@H](c1ccccc1)c1nccc2ccccc12)c1ccc(I)cc1. The molecule has 0 radical (unpaired) electrons. The highest BCUT2D eigenvalue weighted by molar-refractivity contribution is 14.1. The fraction of sp³-hybridized carbons (Fsp3) is 0.0435. The van der Waals surface area contributed by atoms with E-state index in [-0.39, 0.29) is 5.97 Å². The summed E-state index contributed by atoms with van der Waals surface area (Å²) in [7, 11) is 0. The zero-order chi connectivity index (χ0) is 18.6. The Morgan fingerprint density at radius 3 is 2.33 bits per heavy atom. The monoisotopic (exact) mass is 465 g/mol. The van der Waals surface area contributed by atoms with Gasteiger partial charge in [-0.25, -0.2) is 4.79 Å². The lowest BCUT2D eigenvalue weighted by atomic mass is 10.0. The molecule has 1 atom stereocenters. The Bertz CT molecular complexity index is 1070. The van der Waals surface area contributed by atoms with Crippen LogP contribution in [0.1, 0.15) is 27.7 Å². The maximum absolute atomic E-state index is 12.8. The summed E-state index contributed by atoms with van der Waals surface area (Å²) in [6.07, 6.45) is 1.18. The Morgan fingerprint density at radius 2 is 1.56 bits per heavy atom. The fourth-order valence-corrected chi connectivity index (χ4v) is 3.38. The van der Waals surface area contributed by atoms with Crippen molar-refractivity contribution in [2.24, 2.45) is 0 Å². The number of halogens is 1. The van der Waals surface area contributed by atoms with Crippen molar-refractivity contribution in [2.75, 3.05) is 0 Å². The topological polar surface area (TPSA) is 39.2 Å². The van der Waals surface area contributed by atoms with Gasteiger partial charge < -0.3 is 4.74 Å². The summed E-state index contributed by atoms with van der Waals surface area (Å²) >= 11 is 2.21. The molecule has 1 heterocycles. The molecule has 0 amide bonds. The van der Waals surface area contributed by atoms with Gasteiger partial charge in [0.05, 0.1) is 11.3 Å². The molecule has 0 spiro atoms. The first-order valence-electron chi connectivity index (χ1n) is 8.57. The minimum atomic E-state index is -0.580. The van der Waals surface area contributed by atoms with E-state index in [9.17, 15) is 4.79 Å². The molecule has 4 rings (SSSR count). The highest BCUT2D eigenvalue weighted by Crippen LogP contribution is 2.31. The quantitative estimate of drug-likeness (QED) is 0.283. The molecular formula is C23H16INO2. The average molecular weight is 465 g/mol. The Kier molecular flexibility index (Phi) is 5.16. The number of rotatable bonds is 4. The molecule has 0 aliphatic carbocycles. The minimum absolute atomic E-state index is 0.366. The highest BCUT2D eigenvalue weighted by atomic mass is 127. The highest BCUT2D eigenvalue weighted by Gasteiger charge is 2.23. The van der Waals surface area contributed by atoms with Crippen LogP contribution in [0.2, 0.25) is 0 Å². The van der Waals surface area contributed by atoms with Crippen LogP contribution in [-0.4, -0.2) is 11.0 Å². The third-order valence-electron chi connectivity index (χ3n) is 4.36. The second kappa shape index (κ2) is 7.88. The van der Waals surface area contributed by atoms with Crippen LogP contribution in [0.3, 0.4) is 0 Å². The summed E-state index contributed by atoms with van der Waals surface area (Å²) in [5.74, 6) is -0.366. The first-order valence-corrected chi connectivity index (χ1v) is 9.65. The molecule has 0 fully saturated rings. The molecule has 4 heteroatoms. The minimum Gasteiger partial charge on any atom is -0.447 e. The number of hydrogen-bond donors (Lipinski definition) is 0. The lowest BCUT2D eigenvalue weighted by molar-refractivity contribution is 0.0373. The van der Waals surface area contributed by atoms with Crippen molar-refractivity contribution in [3.05, 3.63) is 112 Å². The normalized spacial score (nSPS) is 11.9. The first-order chi connectivity index (χ1) is 13.2. The summed E-state index contributed by atoms with van der Waals surface area (Å²) < 4.78 is 7.02. The summed E-state index contributed by atoms with van der Waals surface area (Å²) in [6, 6.07) is 27.0. The van der Waals surface area contributed by atoms with Crippen molar-refractivity contribution in [2.45, 2.75) is 6.10 Å². The van der Waals surface area contributed by atoms with Crippen molar-refractivity contribution in [3.63, 3.8) is 0 Å². The molecule has 0 saturated heterocycles. The van der Waals surface area contributed by atoms with Gasteiger partial charge in [-0.3, -0.25) is 4.98 Å². The van der Waals surface area contributed by atoms with Crippen LogP contribution in [0.25, 0.3) is 10.8 Å². The average Bonchev–Trinajstić information content (AvgIpc) is 2.73. The zero-order valence-electron chi connectivity index (χ0n) is 14.4. The number of carbonyl (C=O) groups is 1. The lowest BCUT2D eigenvalue weighted by Gasteiger charge is -2.19. The molecule has 0 aliphatic rings. The summed E-state index contributed by atoms with van der Waals surface area (Å²) in [6.45, 7) is 0. The van der Waals surface area contributed by atoms with Crippen LogP contribution in [0.5, 0.6) is 0 Å². The maximum atomic E-state index is 12.8. The van der Waals surface area contributed by atoms with Crippen molar-refractivity contribution < 1.29 is 9.53 Å². The summed E-state index contributed by atoms with van der Waals surface area (Å²) in [5, 5.41) is 2.04. The Hall–Kier alpha value is -2.73. The van der Waals surface area contributed by atoms with Gasteiger partial charge in [-0.1, -0.05) is 54.6 Å². The molecule has 3 aromatic carbocycles. The number of nitrogens with zero attached hydrogens (tertiary/aromatic N) is 1. The van der Waals surface area contributed by atoms with E-state index in [0.717, 1.165) is 25.6 Å². The maximum Gasteiger partial charge on any atom is 0.339 e. The molecule has 4 aromatic rings. The summed E-state index contributed by atoms with van der Waals surface area (Å²) in [4.78, 5) is 17.4. The second-order valence-electron chi connectivity index (χ2n) is 6.12. The number of esters is 1. The van der Waals surface area contributed by atoms with Crippen molar-refractivity contribution >= 4 is 39.3 Å². The number of hydrogen-bond acceptors (Lipinski definition) is 3. The largest absolute Gasteiger partial charge is 0.447 e. The molecule has 27 heavy (non-hydrogen) atoms. The molecule has 0 N–H and O–H groups in total. The van der Waals surface area contributed by atoms with Crippen molar-refractivity contribution in [1.29, 1.82) is 0 Å². The number of aromatic nitrogens is 1. The van der Waals surface area contributed by atoms with E-state index >= 15 is 0 Å². The number of benzene rings is 3. The predicted octanol–water partition coefficient (Wildman–Crippen LogP) is 5.79. The van der Waals surface area contributed by atoms with E-state index in [1.165, 1.54) is 0 Å². The van der Waals surface area contributed by atoms with Gasteiger partial charge in [0.25, 0.3) is 0 Å². The lowest BCUT2D eigenvalue weighted by Crippen LogP contribution is -2.14. The molecule has 0 bridgehead atoms. The van der Waals surface area contributed by atoms with Gasteiger partial charge >= 0.3 is 5.97 Å². The molecule has 0 saturated carbocycles. The van der Waals surface area contributed by atoms with Gasteiger partial charge in [-0.15, -0.1) is 0 Å². The Balaban J connectivity index is 1.78.